The second-order valence-electron chi connectivity index (χ2n) is 6.68. The van der Waals surface area contributed by atoms with Crippen LogP contribution in [0.15, 0.2) is 0 Å². The second kappa shape index (κ2) is 7.21. The van der Waals surface area contributed by atoms with Crippen LogP contribution in [0, 0.1) is 5.92 Å². The maximum atomic E-state index is 6.20. The number of ether oxygens (including phenoxy) is 2. The summed E-state index contributed by atoms with van der Waals surface area (Å²) in [5.41, 5.74) is 6.35. The van der Waals surface area contributed by atoms with Gasteiger partial charge in [-0.1, -0.05) is 13.8 Å². The Hall–Kier alpha value is -0.160. The largest absolute Gasteiger partial charge is 0.378 e. The van der Waals surface area contributed by atoms with Crippen LogP contribution in [-0.2, 0) is 9.47 Å². The van der Waals surface area contributed by atoms with Gasteiger partial charge in [0.15, 0.2) is 0 Å². The molecule has 2 aliphatic heterocycles. The molecular weight excluding hydrogens is 252 g/mol. The number of hydrogen-bond donors (Lipinski definition) is 1. The lowest BCUT2D eigenvalue weighted by Gasteiger charge is -2.51. The predicted octanol–water partition coefficient (Wildman–Crippen LogP) is 2.02. The van der Waals surface area contributed by atoms with E-state index < -0.39 is 0 Å². The first-order chi connectivity index (χ1) is 9.61. The van der Waals surface area contributed by atoms with Crippen LogP contribution in [-0.4, -0.2) is 55.5 Å². The lowest BCUT2D eigenvalue weighted by atomic mass is 9.80. The minimum Gasteiger partial charge on any atom is -0.378 e. The Labute approximate surface area is 124 Å². The Balaban J connectivity index is 1.97. The lowest BCUT2D eigenvalue weighted by molar-refractivity contribution is -0.102. The molecule has 2 aliphatic rings. The van der Waals surface area contributed by atoms with E-state index in [0.29, 0.717) is 18.1 Å². The van der Waals surface area contributed by atoms with Crippen molar-refractivity contribution in [3.05, 3.63) is 0 Å². The van der Waals surface area contributed by atoms with Crippen molar-refractivity contribution in [2.75, 3.05) is 32.8 Å². The van der Waals surface area contributed by atoms with E-state index >= 15 is 0 Å². The molecule has 118 valence electrons. The van der Waals surface area contributed by atoms with Crippen molar-refractivity contribution in [3.8, 4) is 0 Å². The normalized spacial score (nSPS) is 33.8. The van der Waals surface area contributed by atoms with Gasteiger partial charge in [-0.05, 0) is 38.5 Å². The van der Waals surface area contributed by atoms with Gasteiger partial charge in [0.1, 0.15) is 0 Å². The summed E-state index contributed by atoms with van der Waals surface area (Å²) in [6.07, 6.45) is 5.25. The van der Waals surface area contributed by atoms with Gasteiger partial charge in [0, 0.05) is 38.4 Å². The van der Waals surface area contributed by atoms with Gasteiger partial charge >= 0.3 is 0 Å². The number of nitrogens with zero attached hydrogens (tertiary/aromatic N) is 1. The number of nitrogens with two attached hydrogens (primary N) is 1. The molecule has 2 heterocycles. The second-order valence-corrected chi connectivity index (χ2v) is 6.68. The van der Waals surface area contributed by atoms with Crippen LogP contribution >= 0.6 is 0 Å². The highest BCUT2D eigenvalue weighted by Crippen LogP contribution is 2.35. The fourth-order valence-corrected chi connectivity index (χ4v) is 3.70. The molecule has 20 heavy (non-hydrogen) atoms. The van der Waals surface area contributed by atoms with E-state index in [-0.39, 0.29) is 5.54 Å². The van der Waals surface area contributed by atoms with Gasteiger partial charge in [0.05, 0.1) is 12.2 Å². The summed E-state index contributed by atoms with van der Waals surface area (Å²) in [5, 5.41) is 0. The summed E-state index contributed by atoms with van der Waals surface area (Å²) in [5.74, 6) is 0.571. The van der Waals surface area contributed by atoms with E-state index in [1.807, 2.05) is 0 Å². The van der Waals surface area contributed by atoms with Crippen LogP contribution in [0.4, 0.5) is 0 Å². The standard InChI is InChI=1S/C16H32N2O2/c1-4-19-14-5-8-18(9-6-14)16(12-17)7-10-20-15(11-16)13(2)3/h13-15H,4-12,17H2,1-3H3. The molecular formula is C16H32N2O2. The van der Waals surface area contributed by atoms with E-state index in [0.717, 1.165) is 58.5 Å². The third-order valence-electron chi connectivity index (χ3n) is 5.12. The first-order valence-electron chi connectivity index (χ1n) is 8.29. The molecule has 4 heteroatoms. The van der Waals surface area contributed by atoms with Crippen LogP contribution in [0.2, 0.25) is 0 Å². The Bertz CT molecular complexity index is 290. The summed E-state index contributed by atoms with van der Waals surface area (Å²) in [6, 6.07) is 0. The van der Waals surface area contributed by atoms with Crippen molar-refractivity contribution in [2.24, 2.45) is 11.7 Å². The highest BCUT2D eigenvalue weighted by Gasteiger charge is 2.42. The quantitative estimate of drug-likeness (QED) is 0.839. The summed E-state index contributed by atoms with van der Waals surface area (Å²) in [7, 11) is 0. The fraction of sp³-hybridized carbons (Fsp3) is 1.00. The SMILES string of the molecule is CCOC1CCN(C2(CN)CCOC(C(C)C)C2)CC1. The molecule has 0 aromatic carbocycles. The molecule has 0 amide bonds. The van der Waals surface area contributed by atoms with Crippen LogP contribution in [0.5, 0.6) is 0 Å². The van der Waals surface area contributed by atoms with E-state index in [4.69, 9.17) is 15.2 Å². The topological polar surface area (TPSA) is 47.7 Å². The summed E-state index contributed by atoms with van der Waals surface area (Å²) in [6.45, 7) is 11.2. The number of hydrogen-bond acceptors (Lipinski definition) is 4. The van der Waals surface area contributed by atoms with E-state index in [9.17, 15) is 0 Å². The van der Waals surface area contributed by atoms with Gasteiger partial charge < -0.3 is 15.2 Å². The average molecular weight is 284 g/mol. The Morgan fingerprint density at radius 1 is 1.35 bits per heavy atom. The molecule has 2 rings (SSSR count). The first-order valence-corrected chi connectivity index (χ1v) is 8.29. The minimum atomic E-state index is 0.157. The Kier molecular flexibility index (Phi) is 5.84. The van der Waals surface area contributed by atoms with E-state index in [1.54, 1.807) is 0 Å². The third-order valence-corrected chi connectivity index (χ3v) is 5.12. The van der Waals surface area contributed by atoms with Crippen molar-refractivity contribution < 1.29 is 9.47 Å². The van der Waals surface area contributed by atoms with Crippen LogP contribution in [0.25, 0.3) is 0 Å². The molecule has 0 radical (unpaired) electrons. The average Bonchev–Trinajstić information content (AvgIpc) is 2.48. The van der Waals surface area contributed by atoms with Gasteiger partial charge in [-0.3, -0.25) is 4.90 Å². The van der Waals surface area contributed by atoms with Crippen molar-refractivity contribution in [3.63, 3.8) is 0 Å². The molecule has 0 aliphatic carbocycles. The molecule has 2 unspecified atom stereocenters. The number of piperidine rings is 1. The van der Waals surface area contributed by atoms with Gasteiger partial charge in [0.25, 0.3) is 0 Å². The number of rotatable bonds is 5. The molecule has 0 bridgehead atoms. The molecule has 0 saturated carbocycles. The zero-order chi connectivity index (χ0) is 14.6. The number of likely N-dealkylation sites (tertiary alicyclic amines) is 1. The zero-order valence-electron chi connectivity index (χ0n) is 13.4. The molecule has 0 aromatic heterocycles. The monoisotopic (exact) mass is 284 g/mol. The Morgan fingerprint density at radius 3 is 2.60 bits per heavy atom. The van der Waals surface area contributed by atoms with E-state index in [1.165, 1.54) is 0 Å². The van der Waals surface area contributed by atoms with E-state index in [2.05, 4.69) is 25.7 Å². The Morgan fingerprint density at radius 2 is 2.05 bits per heavy atom. The molecule has 2 fully saturated rings. The summed E-state index contributed by atoms with van der Waals surface area (Å²) in [4.78, 5) is 2.63. The fourth-order valence-electron chi connectivity index (χ4n) is 3.70. The summed E-state index contributed by atoms with van der Waals surface area (Å²) >= 11 is 0. The van der Waals surface area contributed by atoms with Gasteiger partial charge in [-0.2, -0.15) is 0 Å². The minimum absolute atomic E-state index is 0.157. The maximum absolute atomic E-state index is 6.20. The molecule has 2 atom stereocenters. The summed E-state index contributed by atoms with van der Waals surface area (Å²) < 4.78 is 11.7. The molecule has 4 nitrogen and oxygen atoms in total. The maximum Gasteiger partial charge on any atom is 0.0616 e. The van der Waals surface area contributed by atoms with Crippen LogP contribution < -0.4 is 5.73 Å². The van der Waals surface area contributed by atoms with Gasteiger partial charge in [-0.25, -0.2) is 0 Å². The lowest BCUT2D eigenvalue weighted by Crippen LogP contribution is -2.61. The molecule has 2 N–H and O–H groups in total. The predicted molar refractivity (Wildman–Crippen MR) is 81.8 cm³/mol. The molecule has 0 spiro atoms. The van der Waals surface area contributed by atoms with Crippen molar-refractivity contribution in [1.29, 1.82) is 0 Å². The van der Waals surface area contributed by atoms with Crippen LogP contribution in [0.1, 0.15) is 46.5 Å². The van der Waals surface area contributed by atoms with Crippen molar-refractivity contribution in [2.45, 2.75) is 64.2 Å². The van der Waals surface area contributed by atoms with Gasteiger partial charge in [0.2, 0.25) is 0 Å². The van der Waals surface area contributed by atoms with Crippen molar-refractivity contribution in [1.82, 2.24) is 4.90 Å². The smallest absolute Gasteiger partial charge is 0.0616 e. The van der Waals surface area contributed by atoms with Crippen molar-refractivity contribution >= 4 is 0 Å². The third kappa shape index (κ3) is 3.53. The highest BCUT2D eigenvalue weighted by molar-refractivity contribution is 4.98. The van der Waals surface area contributed by atoms with Crippen LogP contribution in [0.3, 0.4) is 0 Å². The highest BCUT2D eigenvalue weighted by atomic mass is 16.5. The van der Waals surface area contributed by atoms with Gasteiger partial charge in [-0.15, -0.1) is 0 Å². The molecule has 2 saturated heterocycles. The first kappa shape index (κ1) is 16.2. The zero-order valence-corrected chi connectivity index (χ0v) is 13.4. The molecule has 0 aromatic rings.